The standard InChI is InChI=1S/C12H17N3O2S/c13-10-2-1-7-14-12(10)18(16,17)15-11(8-3-4-8)9-5-6-9/h1-2,7-9,11,15H,3-6,13H2. The minimum absolute atomic E-state index is 0.0451. The maximum absolute atomic E-state index is 12.3. The zero-order valence-corrected chi connectivity index (χ0v) is 10.9. The summed E-state index contributed by atoms with van der Waals surface area (Å²) in [7, 11) is -3.59. The van der Waals surface area contributed by atoms with Gasteiger partial charge in [-0.1, -0.05) is 0 Å². The van der Waals surface area contributed by atoms with E-state index in [1.807, 2.05) is 0 Å². The van der Waals surface area contributed by atoms with E-state index >= 15 is 0 Å². The Morgan fingerprint density at radius 3 is 2.39 bits per heavy atom. The molecule has 1 heterocycles. The number of anilines is 1. The van der Waals surface area contributed by atoms with E-state index in [1.165, 1.54) is 6.20 Å². The number of nitrogens with one attached hydrogen (secondary N) is 1. The quantitative estimate of drug-likeness (QED) is 0.837. The van der Waals surface area contributed by atoms with Gasteiger partial charge in [0.2, 0.25) is 0 Å². The Morgan fingerprint density at radius 1 is 1.28 bits per heavy atom. The van der Waals surface area contributed by atoms with Crippen molar-refractivity contribution in [3.8, 4) is 0 Å². The van der Waals surface area contributed by atoms with Gasteiger partial charge in [-0.2, -0.15) is 0 Å². The average Bonchev–Trinajstić information content (AvgIpc) is 3.17. The molecule has 2 saturated carbocycles. The number of sulfonamides is 1. The van der Waals surface area contributed by atoms with Crippen LogP contribution in [0.3, 0.4) is 0 Å². The van der Waals surface area contributed by atoms with Crippen LogP contribution < -0.4 is 10.5 Å². The maximum Gasteiger partial charge on any atom is 0.260 e. The van der Waals surface area contributed by atoms with Gasteiger partial charge in [-0.25, -0.2) is 18.1 Å². The lowest BCUT2D eigenvalue weighted by Gasteiger charge is -2.17. The third-order valence-corrected chi connectivity index (χ3v) is 5.04. The first-order chi connectivity index (χ1) is 8.58. The fourth-order valence-electron chi connectivity index (χ4n) is 2.35. The first kappa shape index (κ1) is 11.9. The molecule has 18 heavy (non-hydrogen) atoms. The van der Waals surface area contributed by atoms with Crippen molar-refractivity contribution in [3.63, 3.8) is 0 Å². The highest BCUT2D eigenvalue weighted by Gasteiger charge is 2.43. The van der Waals surface area contributed by atoms with Gasteiger partial charge in [0.25, 0.3) is 10.0 Å². The molecule has 2 fully saturated rings. The molecule has 0 aromatic carbocycles. The molecule has 0 unspecified atom stereocenters. The Kier molecular flexibility index (Phi) is 2.79. The molecule has 2 aliphatic carbocycles. The summed E-state index contributed by atoms with van der Waals surface area (Å²) in [5, 5.41) is -0.0451. The molecule has 0 spiro atoms. The molecule has 2 aliphatic rings. The molecule has 6 heteroatoms. The van der Waals surface area contributed by atoms with Gasteiger partial charge in [-0.15, -0.1) is 0 Å². The van der Waals surface area contributed by atoms with Crippen LogP contribution >= 0.6 is 0 Å². The summed E-state index contributed by atoms with van der Waals surface area (Å²) in [6, 6.07) is 3.27. The lowest BCUT2D eigenvalue weighted by Crippen LogP contribution is -2.38. The molecule has 0 aliphatic heterocycles. The van der Waals surface area contributed by atoms with Crippen molar-refractivity contribution in [1.29, 1.82) is 0 Å². The molecule has 1 aromatic rings. The Balaban J connectivity index is 1.83. The van der Waals surface area contributed by atoms with Crippen molar-refractivity contribution in [2.24, 2.45) is 11.8 Å². The van der Waals surface area contributed by atoms with Gasteiger partial charge in [0, 0.05) is 12.2 Å². The number of nitrogens with two attached hydrogens (primary N) is 1. The van der Waals surface area contributed by atoms with Crippen LogP contribution in [0, 0.1) is 11.8 Å². The number of aromatic nitrogens is 1. The Morgan fingerprint density at radius 2 is 1.89 bits per heavy atom. The molecule has 3 N–H and O–H groups in total. The van der Waals surface area contributed by atoms with Crippen molar-refractivity contribution in [2.45, 2.75) is 36.8 Å². The van der Waals surface area contributed by atoms with Crippen molar-refractivity contribution in [1.82, 2.24) is 9.71 Å². The van der Waals surface area contributed by atoms with Crippen LogP contribution in [0.5, 0.6) is 0 Å². The largest absolute Gasteiger partial charge is 0.396 e. The number of hydrogen-bond donors (Lipinski definition) is 2. The van der Waals surface area contributed by atoms with Gasteiger partial charge < -0.3 is 5.73 Å². The second-order valence-corrected chi connectivity index (χ2v) is 6.85. The molecule has 3 rings (SSSR count). The minimum atomic E-state index is -3.59. The lowest BCUT2D eigenvalue weighted by atomic mass is 10.1. The van der Waals surface area contributed by atoms with Gasteiger partial charge in [-0.05, 0) is 49.7 Å². The van der Waals surface area contributed by atoms with Gasteiger partial charge >= 0.3 is 0 Å². The number of nitrogens with zero attached hydrogens (tertiary/aromatic N) is 1. The van der Waals surface area contributed by atoms with Crippen molar-refractivity contribution < 1.29 is 8.42 Å². The van der Waals surface area contributed by atoms with Crippen molar-refractivity contribution in [2.75, 3.05) is 5.73 Å². The number of hydrogen-bond acceptors (Lipinski definition) is 4. The molecular formula is C12H17N3O2S. The highest BCUT2D eigenvalue weighted by Crippen LogP contribution is 2.45. The van der Waals surface area contributed by atoms with E-state index in [0.717, 1.165) is 25.7 Å². The SMILES string of the molecule is Nc1cccnc1S(=O)(=O)NC(C1CC1)C1CC1. The van der Waals surface area contributed by atoms with Gasteiger partial charge in [-0.3, -0.25) is 0 Å². The van der Waals surface area contributed by atoms with Crippen LogP contribution in [0.2, 0.25) is 0 Å². The highest BCUT2D eigenvalue weighted by molar-refractivity contribution is 7.89. The minimum Gasteiger partial charge on any atom is -0.396 e. The van der Waals surface area contributed by atoms with E-state index < -0.39 is 10.0 Å². The van der Waals surface area contributed by atoms with Crippen LogP contribution in [0.4, 0.5) is 5.69 Å². The molecule has 1 aromatic heterocycles. The summed E-state index contributed by atoms with van der Waals surface area (Å²) in [6.07, 6.45) is 5.96. The Bertz CT molecular complexity index is 538. The number of pyridine rings is 1. The Labute approximate surface area is 107 Å². The number of rotatable bonds is 5. The summed E-state index contributed by atoms with van der Waals surface area (Å²) in [6.45, 7) is 0. The normalized spacial score (nSPS) is 20.3. The molecular weight excluding hydrogens is 250 g/mol. The molecule has 5 nitrogen and oxygen atoms in total. The second-order valence-electron chi connectivity index (χ2n) is 5.22. The molecule has 98 valence electrons. The van der Waals surface area contributed by atoms with Crippen LogP contribution in [-0.2, 0) is 10.0 Å². The Hall–Kier alpha value is -1.14. The summed E-state index contributed by atoms with van der Waals surface area (Å²) in [4.78, 5) is 3.89. The predicted molar refractivity (Wildman–Crippen MR) is 68.2 cm³/mol. The molecule has 0 atom stereocenters. The third-order valence-electron chi connectivity index (χ3n) is 3.61. The smallest absolute Gasteiger partial charge is 0.260 e. The molecule has 0 amide bonds. The monoisotopic (exact) mass is 267 g/mol. The zero-order valence-electron chi connectivity index (χ0n) is 10.0. The summed E-state index contributed by atoms with van der Waals surface area (Å²) < 4.78 is 27.4. The van der Waals surface area contributed by atoms with E-state index in [4.69, 9.17) is 5.73 Å². The van der Waals surface area contributed by atoms with E-state index in [9.17, 15) is 8.42 Å². The lowest BCUT2D eigenvalue weighted by molar-refractivity contribution is 0.470. The molecule has 0 radical (unpaired) electrons. The van der Waals surface area contributed by atoms with E-state index in [2.05, 4.69) is 9.71 Å². The average molecular weight is 267 g/mol. The van der Waals surface area contributed by atoms with Crippen LogP contribution in [0.1, 0.15) is 25.7 Å². The second kappa shape index (κ2) is 4.20. The van der Waals surface area contributed by atoms with Crippen molar-refractivity contribution in [3.05, 3.63) is 18.3 Å². The molecule has 0 saturated heterocycles. The van der Waals surface area contributed by atoms with Gasteiger partial charge in [0.05, 0.1) is 5.69 Å². The number of nitrogen functional groups attached to an aromatic ring is 1. The fourth-order valence-corrected chi connectivity index (χ4v) is 3.78. The van der Waals surface area contributed by atoms with E-state index in [0.29, 0.717) is 11.8 Å². The third kappa shape index (κ3) is 2.35. The zero-order chi connectivity index (χ0) is 12.8. The highest BCUT2D eigenvalue weighted by atomic mass is 32.2. The summed E-state index contributed by atoms with van der Waals surface area (Å²) in [5.41, 5.74) is 5.89. The first-order valence-electron chi connectivity index (χ1n) is 6.31. The molecule has 0 bridgehead atoms. The topological polar surface area (TPSA) is 85.1 Å². The van der Waals surface area contributed by atoms with Crippen LogP contribution in [0.15, 0.2) is 23.4 Å². The first-order valence-corrected chi connectivity index (χ1v) is 7.79. The van der Waals surface area contributed by atoms with E-state index in [1.54, 1.807) is 12.1 Å². The summed E-state index contributed by atoms with van der Waals surface area (Å²) in [5.74, 6) is 1.02. The van der Waals surface area contributed by atoms with E-state index in [-0.39, 0.29) is 16.8 Å². The predicted octanol–water partition coefficient (Wildman–Crippen LogP) is 1.13. The van der Waals surface area contributed by atoms with Gasteiger partial charge in [0.15, 0.2) is 5.03 Å². The van der Waals surface area contributed by atoms with Crippen molar-refractivity contribution >= 4 is 15.7 Å². The van der Waals surface area contributed by atoms with Crippen LogP contribution in [0.25, 0.3) is 0 Å². The maximum atomic E-state index is 12.3. The van der Waals surface area contributed by atoms with Crippen LogP contribution in [-0.4, -0.2) is 19.4 Å². The fraction of sp³-hybridized carbons (Fsp3) is 0.583. The van der Waals surface area contributed by atoms with Gasteiger partial charge in [0.1, 0.15) is 0 Å². The summed E-state index contributed by atoms with van der Waals surface area (Å²) >= 11 is 0.